The predicted molar refractivity (Wildman–Crippen MR) is 73.6 cm³/mol. The van der Waals surface area contributed by atoms with Crippen molar-refractivity contribution in [2.75, 3.05) is 13.1 Å². The maximum absolute atomic E-state index is 12.6. The average Bonchev–Trinajstić information content (AvgIpc) is 3.16. The van der Waals surface area contributed by atoms with Crippen LogP contribution in [0.25, 0.3) is 0 Å². The van der Waals surface area contributed by atoms with E-state index in [1.165, 1.54) is 0 Å². The van der Waals surface area contributed by atoms with Crippen molar-refractivity contribution in [3.05, 3.63) is 24.0 Å². The molecular formula is C15H20N2O3. The van der Waals surface area contributed by atoms with E-state index in [2.05, 4.69) is 4.57 Å². The van der Waals surface area contributed by atoms with Crippen LogP contribution in [0, 0.1) is 5.41 Å². The van der Waals surface area contributed by atoms with E-state index in [9.17, 15) is 14.7 Å². The predicted octanol–water partition coefficient (Wildman–Crippen LogP) is 2.15. The maximum atomic E-state index is 12.6. The maximum Gasteiger partial charge on any atom is 0.309 e. The van der Waals surface area contributed by atoms with Gasteiger partial charge in [-0.2, -0.15) is 0 Å². The van der Waals surface area contributed by atoms with Gasteiger partial charge >= 0.3 is 5.97 Å². The summed E-state index contributed by atoms with van der Waals surface area (Å²) in [5.74, 6) is -0.722. The largest absolute Gasteiger partial charge is 0.481 e. The Hall–Kier alpha value is -1.78. The van der Waals surface area contributed by atoms with Gasteiger partial charge in [0.25, 0.3) is 5.91 Å². The van der Waals surface area contributed by atoms with Crippen molar-refractivity contribution in [1.82, 2.24) is 9.47 Å². The topological polar surface area (TPSA) is 62.5 Å². The molecule has 2 aliphatic rings. The molecule has 2 fully saturated rings. The fourth-order valence-corrected chi connectivity index (χ4v) is 2.83. The minimum atomic E-state index is -0.758. The zero-order valence-corrected chi connectivity index (χ0v) is 11.7. The molecule has 5 heteroatoms. The first kappa shape index (κ1) is 13.2. The van der Waals surface area contributed by atoms with E-state index in [1.54, 1.807) is 11.8 Å². The van der Waals surface area contributed by atoms with Crippen molar-refractivity contribution in [2.24, 2.45) is 5.41 Å². The summed E-state index contributed by atoms with van der Waals surface area (Å²) in [6.45, 7) is 2.82. The summed E-state index contributed by atoms with van der Waals surface area (Å²) < 4.78 is 2.06. The van der Waals surface area contributed by atoms with Gasteiger partial charge in [-0.05, 0) is 44.7 Å². The number of carbonyl (C=O) groups excluding carboxylic acids is 1. The van der Waals surface area contributed by atoms with Crippen molar-refractivity contribution < 1.29 is 14.7 Å². The summed E-state index contributed by atoms with van der Waals surface area (Å²) >= 11 is 0. The normalized spacial score (nSPS) is 21.8. The Labute approximate surface area is 118 Å². The third-order valence-corrected chi connectivity index (χ3v) is 4.61. The lowest BCUT2D eigenvalue weighted by molar-refractivity contribution is -0.150. The number of piperidine rings is 1. The average molecular weight is 276 g/mol. The smallest absolute Gasteiger partial charge is 0.309 e. The van der Waals surface area contributed by atoms with Crippen LogP contribution >= 0.6 is 0 Å². The molecular weight excluding hydrogens is 256 g/mol. The Morgan fingerprint density at radius 2 is 1.95 bits per heavy atom. The SMILES string of the molecule is CC1(C(=O)O)CCN(C(=O)c2cccn2C2CC2)CC1. The van der Waals surface area contributed by atoms with E-state index in [0.29, 0.717) is 32.0 Å². The first-order valence-corrected chi connectivity index (χ1v) is 7.21. The molecule has 0 aromatic carbocycles. The van der Waals surface area contributed by atoms with Crippen LogP contribution < -0.4 is 0 Å². The summed E-state index contributed by atoms with van der Waals surface area (Å²) in [7, 11) is 0. The number of nitrogens with zero attached hydrogens (tertiary/aromatic N) is 2. The van der Waals surface area contributed by atoms with Gasteiger partial charge in [0, 0.05) is 25.3 Å². The fourth-order valence-electron chi connectivity index (χ4n) is 2.83. The number of carboxylic acids is 1. The van der Waals surface area contributed by atoms with Gasteiger partial charge in [-0.3, -0.25) is 9.59 Å². The van der Waals surface area contributed by atoms with E-state index < -0.39 is 11.4 Å². The molecule has 1 aliphatic heterocycles. The number of likely N-dealkylation sites (tertiary alicyclic amines) is 1. The zero-order chi connectivity index (χ0) is 14.3. The molecule has 0 bridgehead atoms. The van der Waals surface area contributed by atoms with Gasteiger partial charge in [-0.15, -0.1) is 0 Å². The molecule has 0 unspecified atom stereocenters. The highest BCUT2D eigenvalue weighted by atomic mass is 16.4. The second kappa shape index (κ2) is 4.65. The monoisotopic (exact) mass is 276 g/mol. The molecule has 1 aliphatic carbocycles. The lowest BCUT2D eigenvalue weighted by Gasteiger charge is -2.36. The highest BCUT2D eigenvalue weighted by molar-refractivity contribution is 5.93. The Bertz CT molecular complexity index is 537. The zero-order valence-electron chi connectivity index (χ0n) is 11.7. The molecule has 1 aromatic heterocycles. The molecule has 1 aromatic rings. The van der Waals surface area contributed by atoms with E-state index in [1.807, 2.05) is 18.3 Å². The van der Waals surface area contributed by atoms with E-state index in [4.69, 9.17) is 0 Å². The Kier molecular flexibility index (Phi) is 3.07. The summed E-state index contributed by atoms with van der Waals surface area (Å²) in [5, 5.41) is 9.22. The van der Waals surface area contributed by atoms with Crippen molar-refractivity contribution in [2.45, 2.75) is 38.6 Å². The number of hydrogen-bond donors (Lipinski definition) is 1. The van der Waals surface area contributed by atoms with Crippen LogP contribution in [-0.2, 0) is 4.79 Å². The van der Waals surface area contributed by atoms with Gasteiger partial charge < -0.3 is 14.6 Å². The van der Waals surface area contributed by atoms with Crippen molar-refractivity contribution in [3.63, 3.8) is 0 Å². The van der Waals surface area contributed by atoms with E-state index in [0.717, 1.165) is 18.5 Å². The second-order valence-electron chi connectivity index (χ2n) is 6.19. The van der Waals surface area contributed by atoms with E-state index in [-0.39, 0.29) is 5.91 Å². The van der Waals surface area contributed by atoms with Crippen molar-refractivity contribution in [3.8, 4) is 0 Å². The lowest BCUT2D eigenvalue weighted by Crippen LogP contribution is -2.45. The number of carbonyl (C=O) groups is 2. The number of amides is 1. The molecule has 2 heterocycles. The summed E-state index contributed by atoms with van der Waals surface area (Å²) in [6, 6.07) is 4.26. The van der Waals surface area contributed by atoms with Gasteiger partial charge in [0.15, 0.2) is 0 Å². The first-order valence-electron chi connectivity index (χ1n) is 7.21. The molecule has 1 N–H and O–H groups in total. The summed E-state index contributed by atoms with van der Waals surface area (Å²) in [4.78, 5) is 25.6. The highest BCUT2D eigenvalue weighted by Crippen LogP contribution is 2.37. The van der Waals surface area contributed by atoms with Crippen molar-refractivity contribution >= 4 is 11.9 Å². The van der Waals surface area contributed by atoms with Crippen LogP contribution in [0.5, 0.6) is 0 Å². The molecule has 1 saturated carbocycles. The van der Waals surface area contributed by atoms with Crippen LogP contribution in [0.4, 0.5) is 0 Å². The first-order chi connectivity index (χ1) is 9.51. The van der Waals surface area contributed by atoms with Gasteiger partial charge in [0.2, 0.25) is 0 Å². The Morgan fingerprint density at radius 3 is 2.50 bits per heavy atom. The molecule has 3 rings (SSSR count). The molecule has 0 spiro atoms. The van der Waals surface area contributed by atoms with Gasteiger partial charge in [-0.1, -0.05) is 0 Å². The molecule has 1 amide bonds. The van der Waals surface area contributed by atoms with Crippen LogP contribution in [0.3, 0.4) is 0 Å². The highest BCUT2D eigenvalue weighted by Gasteiger charge is 2.39. The van der Waals surface area contributed by atoms with Crippen molar-refractivity contribution in [1.29, 1.82) is 0 Å². The third kappa shape index (κ3) is 2.21. The Balaban J connectivity index is 1.70. The number of hydrogen-bond acceptors (Lipinski definition) is 2. The van der Waals surface area contributed by atoms with Gasteiger partial charge in [0.1, 0.15) is 5.69 Å². The number of aromatic nitrogens is 1. The van der Waals surface area contributed by atoms with Crippen LogP contribution in [0.2, 0.25) is 0 Å². The quantitative estimate of drug-likeness (QED) is 0.920. The van der Waals surface area contributed by atoms with E-state index >= 15 is 0 Å². The van der Waals surface area contributed by atoms with Crippen LogP contribution in [-0.4, -0.2) is 39.5 Å². The molecule has 5 nitrogen and oxygen atoms in total. The number of aliphatic carboxylic acids is 1. The summed E-state index contributed by atoms with van der Waals surface area (Å²) in [5.41, 5.74) is 0.0568. The fraction of sp³-hybridized carbons (Fsp3) is 0.600. The van der Waals surface area contributed by atoms with Crippen LogP contribution in [0.15, 0.2) is 18.3 Å². The molecule has 1 saturated heterocycles. The standard InChI is InChI=1S/C15H20N2O3/c1-15(14(19)20)6-9-16(10-7-15)13(18)12-3-2-8-17(12)11-4-5-11/h2-3,8,11H,4-7,9-10H2,1H3,(H,19,20). The lowest BCUT2D eigenvalue weighted by atomic mass is 9.80. The minimum Gasteiger partial charge on any atom is -0.481 e. The van der Waals surface area contributed by atoms with Crippen LogP contribution in [0.1, 0.15) is 49.1 Å². The summed E-state index contributed by atoms with van der Waals surface area (Å²) in [6.07, 6.45) is 5.31. The third-order valence-electron chi connectivity index (χ3n) is 4.61. The Morgan fingerprint density at radius 1 is 1.30 bits per heavy atom. The number of rotatable bonds is 3. The van der Waals surface area contributed by atoms with Gasteiger partial charge in [-0.25, -0.2) is 0 Å². The minimum absolute atomic E-state index is 0.0364. The molecule has 108 valence electrons. The molecule has 20 heavy (non-hydrogen) atoms. The van der Waals surface area contributed by atoms with Gasteiger partial charge in [0.05, 0.1) is 5.41 Å². The molecule has 0 atom stereocenters. The molecule has 0 radical (unpaired) electrons. The second-order valence-corrected chi connectivity index (χ2v) is 6.19. The number of carboxylic acid groups (broad SMARTS) is 1.